The number of pyridine rings is 2. The summed E-state index contributed by atoms with van der Waals surface area (Å²) in [5, 5.41) is 6.98. The Bertz CT molecular complexity index is 1100. The molecular weight excluding hydrogens is 380 g/mol. The maximum Gasteiger partial charge on any atom is 0.250 e. The zero-order valence-electron chi connectivity index (χ0n) is 16.1. The third-order valence-corrected chi connectivity index (χ3v) is 5.37. The van der Waals surface area contributed by atoms with Crippen molar-refractivity contribution in [1.82, 2.24) is 19.7 Å². The molecule has 150 valence electrons. The SMILES string of the molecule is COc1ncc(-n2ccc(NC(=O)C3(c4ncccc4F)CC3(C)C)n2)cc1F. The van der Waals surface area contributed by atoms with Crippen molar-refractivity contribution in [2.75, 3.05) is 12.4 Å². The van der Waals surface area contributed by atoms with Gasteiger partial charge in [-0.3, -0.25) is 9.78 Å². The highest BCUT2D eigenvalue weighted by Crippen LogP contribution is 2.64. The highest BCUT2D eigenvalue weighted by Gasteiger charge is 2.69. The number of carbonyl (C=O) groups is 1. The van der Waals surface area contributed by atoms with Crippen LogP contribution in [0.15, 0.2) is 42.9 Å². The molecule has 7 nitrogen and oxygen atoms in total. The number of rotatable bonds is 5. The zero-order chi connectivity index (χ0) is 20.8. The minimum atomic E-state index is -1.07. The predicted octanol–water partition coefficient (Wildman–Crippen LogP) is 3.26. The van der Waals surface area contributed by atoms with E-state index in [-0.39, 0.29) is 23.3 Å². The number of methoxy groups -OCH3 is 1. The summed E-state index contributed by atoms with van der Waals surface area (Å²) in [5.74, 6) is -1.40. The Morgan fingerprint density at radius 3 is 2.62 bits per heavy atom. The lowest BCUT2D eigenvalue weighted by molar-refractivity contribution is -0.119. The van der Waals surface area contributed by atoms with Crippen LogP contribution in [-0.2, 0) is 10.2 Å². The van der Waals surface area contributed by atoms with Crippen molar-refractivity contribution in [3.05, 3.63) is 60.2 Å². The molecule has 1 N–H and O–H groups in total. The number of hydrogen-bond acceptors (Lipinski definition) is 5. The molecule has 1 amide bonds. The van der Waals surface area contributed by atoms with Crippen molar-refractivity contribution in [1.29, 1.82) is 0 Å². The second-order valence-electron chi connectivity index (χ2n) is 7.58. The molecule has 0 saturated heterocycles. The Morgan fingerprint density at radius 2 is 2.00 bits per heavy atom. The van der Waals surface area contributed by atoms with Gasteiger partial charge in [-0.1, -0.05) is 13.8 Å². The van der Waals surface area contributed by atoms with Gasteiger partial charge in [-0.2, -0.15) is 5.10 Å². The standard InChI is InChI=1S/C20H19F2N5O2/c1-19(2)11-20(19,16-13(21)5-4-7-23-16)18(28)25-15-6-8-27(26-15)12-9-14(22)17(29-3)24-10-12/h4-10H,11H2,1-3H3,(H,25,26,28). The predicted molar refractivity (Wildman–Crippen MR) is 101 cm³/mol. The quantitative estimate of drug-likeness (QED) is 0.712. The van der Waals surface area contributed by atoms with Gasteiger partial charge in [-0.15, -0.1) is 0 Å². The van der Waals surface area contributed by atoms with E-state index in [0.717, 1.165) is 0 Å². The van der Waals surface area contributed by atoms with Crippen LogP contribution in [0.1, 0.15) is 26.0 Å². The van der Waals surface area contributed by atoms with Crippen LogP contribution in [0.25, 0.3) is 5.69 Å². The molecule has 1 atom stereocenters. The van der Waals surface area contributed by atoms with Crippen molar-refractivity contribution in [3.8, 4) is 11.6 Å². The van der Waals surface area contributed by atoms with Crippen molar-refractivity contribution in [2.45, 2.75) is 25.7 Å². The number of carbonyl (C=O) groups excluding carboxylic acids is 1. The summed E-state index contributed by atoms with van der Waals surface area (Å²) in [6, 6.07) is 5.58. The molecule has 4 rings (SSSR count). The van der Waals surface area contributed by atoms with Gasteiger partial charge < -0.3 is 10.1 Å². The first kappa shape index (κ1) is 19.0. The first-order valence-corrected chi connectivity index (χ1v) is 8.96. The molecule has 9 heteroatoms. The maximum atomic E-state index is 14.4. The molecule has 0 bridgehead atoms. The van der Waals surface area contributed by atoms with E-state index in [4.69, 9.17) is 4.74 Å². The number of ether oxygens (including phenoxy) is 1. The fourth-order valence-electron chi connectivity index (χ4n) is 3.67. The molecule has 1 aliphatic rings. The lowest BCUT2D eigenvalue weighted by atomic mass is 9.90. The molecule has 1 aliphatic carbocycles. The van der Waals surface area contributed by atoms with E-state index in [9.17, 15) is 13.6 Å². The van der Waals surface area contributed by atoms with Crippen molar-refractivity contribution < 1.29 is 18.3 Å². The molecule has 1 fully saturated rings. The van der Waals surface area contributed by atoms with E-state index in [1.54, 1.807) is 12.3 Å². The summed E-state index contributed by atoms with van der Waals surface area (Å²) in [6.07, 6.45) is 4.90. The van der Waals surface area contributed by atoms with Crippen LogP contribution in [-0.4, -0.2) is 32.8 Å². The van der Waals surface area contributed by atoms with Gasteiger partial charge in [0.1, 0.15) is 11.2 Å². The molecule has 0 radical (unpaired) electrons. The molecule has 3 aromatic heterocycles. The normalized spacial score (nSPS) is 19.6. The molecule has 0 aromatic carbocycles. The summed E-state index contributed by atoms with van der Waals surface area (Å²) in [6.45, 7) is 3.79. The Balaban J connectivity index is 1.59. The third-order valence-electron chi connectivity index (χ3n) is 5.37. The minimum Gasteiger partial charge on any atom is -0.479 e. The van der Waals surface area contributed by atoms with Gasteiger partial charge in [0.25, 0.3) is 0 Å². The number of amides is 1. The van der Waals surface area contributed by atoms with Crippen LogP contribution in [0.3, 0.4) is 0 Å². The number of nitrogens with one attached hydrogen (secondary N) is 1. The largest absolute Gasteiger partial charge is 0.479 e. The van der Waals surface area contributed by atoms with Crippen LogP contribution in [0.4, 0.5) is 14.6 Å². The van der Waals surface area contributed by atoms with Crippen molar-refractivity contribution >= 4 is 11.7 Å². The van der Waals surface area contributed by atoms with E-state index in [2.05, 4.69) is 20.4 Å². The Hall–Kier alpha value is -3.36. The molecule has 3 aromatic rings. The van der Waals surface area contributed by atoms with E-state index in [1.807, 2.05) is 13.8 Å². The average molecular weight is 399 g/mol. The molecule has 1 unspecified atom stereocenters. The molecule has 0 spiro atoms. The molecule has 29 heavy (non-hydrogen) atoms. The number of halogens is 2. The van der Waals surface area contributed by atoms with Gasteiger partial charge in [0.2, 0.25) is 11.8 Å². The summed E-state index contributed by atoms with van der Waals surface area (Å²) in [4.78, 5) is 21.1. The minimum absolute atomic E-state index is 0.121. The lowest BCUT2D eigenvalue weighted by Gasteiger charge is -2.19. The topological polar surface area (TPSA) is 81.9 Å². The Morgan fingerprint density at radius 1 is 1.24 bits per heavy atom. The van der Waals surface area contributed by atoms with E-state index in [1.165, 1.54) is 42.4 Å². The smallest absolute Gasteiger partial charge is 0.250 e. The number of aromatic nitrogens is 4. The van der Waals surface area contributed by atoms with Crippen LogP contribution in [0, 0.1) is 17.0 Å². The summed E-state index contributed by atoms with van der Waals surface area (Å²) >= 11 is 0. The zero-order valence-corrected chi connectivity index (χ0v) is 16.1. The van der Waals surface area contributed by atoms with Crippen LogP contribution in [0.2, 0.25) is 0 Å². The van der Waals surface area contributed by atoms with Crippen LogP contribution in [0.5, 0.6) is 5.88 Å². The van der Waals surface area contributed by atoms with Gasteiger partial charge >= 0.3 is 0 Å². The number of nitrogens with zero attached hydrogens (tertiary/aromatic N) is 4. The van der Waals surface area contributed by atoms with Crippen molar-refractivity contribution in [3.63, 3.8) is 0 Å². The molecular formula is C20H19F2N5O2. The van der Waals surface area contributed by atoms with E-state index < -0.39 is 22.5 Å². The lowest BCUT2D eigenvalue weighted by Crippen LogP contribution is -2.34. The average Bonchev–Trinajstić information content (AvgIpc) is 3.02. The maximum absolute atomic E-state index is 14.4. The highest BCUT2D eigenvalue weighted by atomic mass is 19.1. The second kappa shape index (κ2) is 6.61. The van der Waals surface area contributed by atoms with Crippen LogP contribution >= 0.6 is 0 Å². The fourth-order valence-corrected chi connectivity index (χ4v) is 3.67. The first-order chi connectivity index (χ1) is 13.8. The van der Waals surface area contributed by atoms with Gasteiger partial charge in [0.05, 0.1) is 24.7 Å². The third kappa shape index (κ3) is 3.02. The first-order valence-electron chi connectivity index (χ1n) is 8.96. The Kier molecular flexibility index (Phi) is 4.33. The number of hydrogen-bond donors (Lipinski definition) is 1. The van der Waals surface area contributed by atoms with E-state index >= 15 is 0 Å². The highest BCUT2D eigenvalue weighted by molar-refractivity contribution is 6.01. The van der Waals surface area contributed by atoms with E-state index in [0.29, 0.717) is 12.1 Å². The van der Waals surface area contributed by atoms with Crippen molar-refractivity contribution in [2.24, 2.45) is 5.41 Å². The van der Waals surface area contributed by atoms with Crippen LogP contribution < -0.4 is 10.1 Å². The Labute approximate surface area is 165 Å². The van der Waals surface area contributed by atoms with Gasteiger partial charge in [-0.25, -0.2) is 18.4 Å². The summed E-state index contributed by atoms with van der Waals surface area (Å²) < 4.78 is 34.4. The number of anilines is 1. The fraction of sp³-hybridized carbons (Fsp3) is 0.300. The molecule has 1 saturated carbocycles. The van der Waals surface area contributed by atoms with Gasteiger partial charge in [0.15, 0.2) is 11.6 Å². The summed E-state index contributed by atoms with van der Waals surface area (Å²) in [7, 11) is 1.33. The molecule has 3 heterocycles. The van der Waals surface area contributed by atoms with Gasteiger partial charge in [0, 0.05) is 24.5 Å². The molecule has 0 aliphatic heterocycles. The van der Waals surface area contributed by atoms with Gasteiger partial charge in [-0.05, 0) is 24.0 Å². The second-order valence-corrected chi connectivity index (χ2v) is 7.58. The summed E-state index contributed by atoms with van der Waals surface area (Å²) in [5.41, 5.74) is -1.03. The monoisotopic (exact) mass is 399 g/mol.